The molecule has 1 N–H and O–H groups in total. The summed E-state index contributed by atoms with van der Waals surface area (Å²) >= 11 is 0. The first-order valence-corrected chi connectivity index (χ1v) is 6.48. The van der Waals surface area contributed by atoms with Gasteiger partial charge in [0.25, 0.3) is 0 Å². The van der Waals surface area contributed by atoms with Crippen LogP contribution in [0, 0.1) is 5.92 Å². The third kappa shape index (κ3) is 2.98. The molecule has 2 atom stereocenters. The van der Waals surface area contributed by atoms with Gasteiger partial charge in [-0.1, -0.05) is 30.3 Å². The second-order valence-electron chi connectivity index (χ2n) is 5.49. The Kier molecular flexibility index (Phi) is 3.83. The van der Waals surface area contributed by atoms with Crippen molar-refractivity contribution in [3.63, 3.8) is 0 Å². The zero-order valence-corrected chi connectivity index (χ0v) is 11.1. The average molecular weight is 247 g/mol. The minimum Gasteiger partial charge on any atom is -0.389 e. The van der Waals surface area contributed by atoms with Gasteiger partial charge in [0.15, 0.2) is 0 Å². The quantitative estimate of drug-likeness (QED) is 0.886. The van der Waals surface area contributed by atoms with Crippen LogP contribution >= 0.6 is 0 Å². The summed E-state index contributed by atoms with van der Waals surface area (Å²) in [5.41, 5.74) is 0.403. The molecule has 1 fully saturated rings. The lowest BCUT2D eigenvalue weighted by atomic mass is 9.80. The fourth-order valence-corrected chi connectivity index (χ4v) is 2.66. The van der Waals surface area contributed by atoms with Gasteiger partial charge in [-0.2, -0.15) is 0 Å². The number of carbonyl (C=O) groups is 1. The number of hydrogen-bond donors (Lipinski definition) is 1. The van der Waals surface area contributed by atoms with Crippen molar-refractivity contribution in [3.05, 3.63) is 35.9 Å². The summed E-state index contributed by atoms with van der Waals surface area (Å²) in [5.74, 6) is -0.187. The predicted molar refractivity (Wildman–Crippen MR) is 71.1 cm³/mol. The van der Waals surface area contributed by atoms with E-state index >= 15 is 0 Å². The summed E-state index contributed by atoms with van der Waals surface area (Å²) in [5, 5.41) is 10.2. The van der Waals surface area contributed by atoms with Crippen molar-refractivity contribution in [1.82, 2.24) is 4.90 Å². The van der Waals surface area contributed by atoms with E-state index in [9.17, 15) is 9.90 Å². The Balaban J connectivity index is 2.03. The van der Waals surface area contributed by atoms with Gasteiger partial charge in [0.05, 0.1) is 11.5 Å². The third-order valence-corrected chi connectivity index (χ3v) is 3.87. The van der Waals surface area contributed by atoms with E-state index in [4.69, 9.17) is 0 Å². The predicted octanol–water partition coefficient (Wildman–Crippen LogP) is 1.85. The highest BCUT2D eigenvalue weighted by Gasteiger charge is 2.40. The standard InChI is InChI=1S/C15H21NO2/c1-12(17)14-11-16(9-8-15(14,2)18)10-13-6-4-3-5-7-13/h3-7,14,18H,8-11H2,1-2H3/t14-,15+/m1/s1. The lowest BCUT2D eigenvalue weighted by molar-refractivity contribution is -0.135. The minimum atomic E-state index is -0.848. The van der Waals surface area contributed by atoms with Crippen LogP contribution in [0.25, 0.3) is 0 Å². The number of nitrogens with zero attached hydrogens (tertiary/aromatic N) is 1. The van der Waals surface area contributed by atoms with Crippen LogP contribution in [0.4, 0.5) is 0 Å². The van der Waals surface area contributed by atoms with Gasteiger partial charge >= 0.3 is 0 Å². The van der Waals surface area contributed by atoms with Crippen molar-refractivity contribution in [1.29, 1.82) is 0 Å². The van der Waals surface area contributed by atoms with E-state index < -0.39 is 5.60 Å². The van der Waals surface area contributed by atoms with E-state index in [1.807, 2.05) is 18.2 Å². The lowest BCUT2D eigenvalue weighted by Gasteiger charge is -2.41. The van der Waals surface area contributed by atoms with Gasteiger partial charge < -0.3 is 5.11 Å². The number of aliphatic hydroxyl groups is 1. The first-order chi connectivity index (χ1) is 8.49. The molecule has 2 rings (SSSR count). The SMILES string of the molecule is CC(=O)[C@H]1CN(Cc2ccccc2)CC[C@]1(C)O. The number of Topliss-reactive ketones (excluding diaryl/α,β-unsaturated/α-hetero) is 1. The van der Waals surface area contributed by atoms with Crippen molar-refractivity contribution in [2.24, 2.45) is 5.92 Å². The summed E-state index contributed by atoms with van der Waals surface area (Å²) < 4.78 is 0. The molecule has 3 nitrogen and oxygen atoms in total. The molecular weight excluding hydrogens is 226 g/mol. The molecule has 0 bridgehead atoms. The van der Waals surface area contributed by atoms with Crippen LogP contribution in [-0.4, -0.2) is 34.5 Å². The monoisotopic (exact) mass is 247 g/mol. The zero-order valence-electron chi connectivity index (χ0n) is 11.1. The van der Waals surface area contributed by atoms with Gasteiger partial charge in [0, 0.05) is 19.6 Å². The van der Waals surface area contributed by atoms with E-state index in [0.29, 0.717) is 13.0 Å². The van der Waals surface area contributed by atoms with Crippen molar-refractivity contribution < 1.29 is 9.90 Å². The molecule has 0 spiro atoms. The Labute approximate surface area is 108 Å². The number of rotatable bonds is 3. The van der Waals surface area contributed by atoms with Gasteiger partial charge in [-0.05, 0) is 25.8 Å². The zero-order chi connectivity index (χ0) is 13.2. The molecule has 3 heteroatoms. The van der Waals surface area contributed by atoms with Crippen molar-refractivity contribution in [2.45, 2.75) is 32.4 Å². The number of ketones is 1. The lowest BCUT2D eigenvalue weighted by Crippen LogP contribution is -2.52. The van der Waals surface area contributed by atoms with Crippen LogP contribution in [0.5, 0.6) is 0 Å². The number of likely N-dealkylation sites (tertiary alicyclic amines) is 1. The second-order valence-corrected chi connectivity index (χ2v) is 5.49. The van der Waals surface area contributed by atoms with Gasteiger partial charge in [-0.25, -0.2) is 0 Å². The van der Waals surface area contributed by atoms with E-state index in [0.717, 1.165) is 13.1 Å². The molecule has 1 aromatic rings. The Bertz CT molecular complexity index is 414. The molecular formula is C15H21NO2. The van der Waals surface area contributed by atoms with Gasteiger partial charge in [0.2, 0.25) is 0 Å². The van der Waals surface area contributed by atoms with Crippen LogP contribution in [0.15, 0.2) is 30.3 Å². The van der Waals surface area contributed by atoms with E-state index in [1.54, 1.807) is 13.8 Å². The maximum Gasteiger partial charge on any atom is 0.137 e. The first-order valence-electron chi connectivity index (χ1n) is 6.48. The van der Waals surface area contributed by atoms with E-state index in [2.05, 4.69) is 17.0 Å². The van der Waals surface area contributed by atoms with Crippen molar-refractivity contribution >= 4 is 5.78 Å². The maximum absolute atomic E-state index is 11.6. The maximum atomic E-state index is 11.6. The molecule has 98 valence electrons. The molecule has 1 saturated heterocycles. The molecule has 1 aliphatic rings. The van der Waals surface area contributed by atoms with E-state index in [-0.39, 0.29) is 11.7 Å². The fraction of sp³-hybridized carbons (Fsp3) is 0.533. The topological polar surface area (TPSA) is 40.5 Å². The molecule has 0 amide bonds. The summed E-state index contributed by atoms with van der Waals surface area (Å²) in [4.78, 5) is 13.9. The Morgan fingerprint density at radius 2 is 2.11 bits per heavy atom. The summed E-state index contributed by atoms with van der Waals surface area (Å²) in [6.07, 6.45) is 0.657. The molecule has 0 aliphatic carbocycles. The summed E-state index contributed by atoms with van der Waals surface area (Å²) in [6.45, 7) is 5.69. The number of piperidine rings is 1. The Morgan fingerprint density at radius 3 is 2.72 bits per heavy atom. The van der Waals surface area contributed by atoms with Gasteiger partial charge in [0.1, 0.15) is 5.78 Å². The van der Waals surface area contributed by atoms with Crippen LogP contribution in [0.3, 0.4) is 0 Å². The molecule has 0 radical (unpaired) electrons. The normalized spacial score (nSPS) is 29.2. The molecule has 18 heavy (non-hydrogen) atoms. The van der Waals surface area contributed by atoms with Gasteiger partial charge in [-0.3, -0.25) is 9.69 Å². The molecule has 1 heterocycles. The van der Waals surface area contributed by atoms with Crippen LogP contribution in [0.1, 0.15) is 25.8 Å². The third-order valence-electron chi connectivity index (χ3n) is 3.87. The molecule has 0 unspecified atom stereocenters. The number of hydrogen-bond acceptors (Lipinski definition) is 3. The van der Waals surface area contributed by atoms with Crippen molar-refractivity contribution in [3.8, 4) is 0 Å². The smallest absolute Gasteiger partial charge is 0.137 e. The van der Waals surface area contributed by atoms with Crippen LogP contribution < -0.4 is 0 Å². The first kappa shape index (κ1) is 13.2. The summed E-state index contributed by atoms with van der Waals surface area (Å²) in [7, 11) is 0. The Hall–Kier alpha value is -1.19. The average Bonchev–Trinajstić information content (AvgIpc) is 2.32. The van der Waals surface area contributed by atoms with Crippen LogP contribution in [-0.2, 0) is 11.3 Å². The fourth-order valence-electron chi connectivity index (χ4n) is 2.66. The second kappa shape index (κ2) is 5.21. The highest BCUT2D eigenvalue weighted by molar-refractivity contribution is 5.79. The highest BCUT2D eigenvalue weighted by Crippen LogP contribution is 2.29. The highest BCUT2D eigenvalue weighted by atomic mass is 16.3. The largest absolute Gasteiger partial charge is 0.389 e. The minimum absolute atomic E-state index is 0.0813. The van der Waals surface area contributed by atoms with Crippen molar-refractivity contribution in [2.75, 3.05) is 13.1 Å². The Morgan fingerprint density at radius 1 is 1.44 bits per heavy atom. The van der Waals surface area contributed by atoms with Crippen LogP contribution in [0.2, 0.25) is 0 Å². The molecule has 0 aromatic heterocycles. The molecule has 1 aromatic carbocycles. The van der Waals surface area contributed by atoms with E-state index in [1.165, 1.54) is 5.56 Å². The molecule has 1 aliphatic heterocycles. The van der Waals surface area contributed by atoms with Gasteiger partial charge in [-0.15, -0.1) is 0 Å². The summed E-state index contributed by atoms with van der Waals surface area (Å²) in [6, 6.07) is 10.2. The number of benzene rings is 1. The number of carbonyl (C=O) groups excluding carboxylic acids is 1. The molecule has 0 saturated carbocycles.